The van der Waals surface area contributed by atoms with E-state index in [1.165, 1.54) is 6.42 Å². The van der Waals surface area contributed by atoms with Crippen LogP contribution in [0.3, 0.4) is 0 Å². The lowest BCUT2D eigenvalue weighted by Crippen LogP contribution is -2.61. The molecule has 7 heteroatoms. The monoisotopic (exact) mass is 532 g/mol. The first kappa shape index (κ1) is 27.9. The molecule has 8 unspecified atom stereocenters. The average Bonchev–Trinajstić information content (AvgIpc) is 3.41. The molecule has 1 heterocycles. The second-order valence-corrected chi connectivity index (χ2v) is 15.0. The molecule has 0 radical (unpaired) electrons. The van der Waals surface area contributed by atoms with Gasteiger partial charge in [0.2, 0.25) is 0 Å². The molecular weight excluding hydrogens is 484 g/mol. The molecule has 7 rings (SSSR count). The van der Waals surface area contributed by atoms with Crippen molar-refractivity contribution in [3.05, 3.63) is 0 Å². The number of fused-ring (bicyclic) bond motifs is 1. The topological polar surface area (TPSA) is 99.1 Å². The van der Waals surface area contributed by atoms with Gasteiger partial charge in [0.1, 0.15) is 17.8 Å². The van der Waals surface area contributed by atoms with Crippen LogP contribution in [0.1, 0.15) is 106 Å². The van der Waals surface area contributed by atoms with Crippen molar-refractivity contribution in [3.8, 4) is 0 Å². The average molecular weight is 533 g/mol. The fourth-order valence-electron chi connectivity index (χ4n) is 8.66. The zero-order chi connectivity index (χ0) is 27.8. The van der Waals surface area contributed by atoms with Gasteiger partial charge in [-0.1, -0.05) is 20.8 Å². The third kappa shape index (κ3) is 4.58. The third-order valence-electron chi connectivity index (χ3n) is 11.3. The minimum atomic E-state index is -0.555. The van der Waals surface area contributed by atoms with Gasteiger partial charge in [-0.05, 0) is 96.8 Å². The minimum Gasteiger partial charge on any atom is -0.459 e. The minimum absolute atomic E-state index is 0.0455. The maximum absolute atomic E-state index is 12.4. The van der Waals surface area contributed by atoms with Crippen molar-refractivity contribution in [1.29, 1.82) is 0 Å². The molecule has 6 aliphatic carbocycles. The number of aliphatic hydroxyl groups is 1. The normalized spacial score (nSPS) is 43.9. The first-order valence-electron chi connectivity index (χ1n) is 15.0. The number of esters is 3. The summed E-state index contributed by atoms with van der Waals surface area (Å²) < 4.78 is 17.2. The van der Waals surface area contributed by atoms with Gasteiger partial charge in [-0.2, -0.15) is 0 Å². The van der Waals surface area contributed by atoms with Gasteiger partial charge in [-0.25, -0.2) is 0 Å². The zero-order valence-electron chi connectivity index (χ0n) is 24.4. The van der Waals surface area contributed by atoms with E-state index < -0.39 is 16.4 Å². The summed E-state index contributed by atoms with van der Waals surface area (Å²) in [4.78, 5) is 36.4. The summed E-state index contributed by atoms with van der Waals surface area (Å²) in [5.74, 6) is 1.67. The Morgan fingerprint density at radius 3 is 2.08 bits per heavy atom. The predicted octanol–water partition coefficient (Wildman–Crippen LogP) is 5.21. The first-order chi connectivity index (χ1) is 17.6. The van der Waals surface area contributed by atoms with Crippen molar-refractivity contribution in [2.75, 3.05) is 0 Å². The van der Waals surface area contributed by atoms with Crippen molar-refractivity contribution in [3.63, 3.8) is 0 Å². The Bertz CT molecular complexity index is 969. The molecule has 1 saturated heterocycles. The Kier molecular flexibility index (Phi) is 6.76. The highest BCUT2D eigenvalue weighted by atomic mass is 16.6. The molecule has 0 spiro atoms. The van der Waals surface area contributed by atoms with E-state index in [4.69, 9.17) is 14.2 Å². The van der Waals surface area contributed by atoms with E-state index in [0.717, 1.165) is 44.9 Å². The second-order valence-electron chi connectivity index (χ2n) is 15.0. The number of rotatable bonds is 6. The van der Waals surface area contributed by atoms with Crippen molar-refractivity contribution >= 4 is 17.9 Å². The van der Waals surface area contributed by atoms with E-state index >= 15 is 0 Å². The predicted molar refractivity (Wildman–Crippen MR) is 141 cm³/mol. The van der Waals surface area contributed by atoms with Crippen LogP contribution in [0, 0.1) is 46.3 Å². The van der Waals surface area contributed by atoms with Gasteiger partial charge in [0.05, 0.1) is 22.3 Å². The van der Waals surface area contributed by atoms with E-state index in [1.807, 2.05) is 41.5 Å². The lowest BCUT2D eigenvalue weighted by molar-refractivity contribution is -0.225. The van der Waals surface area contributed by atoms with Crippen LogP contribution in [0.2, 0.25) is 0 Å². The van der Waals surface area contributed by atoms with Crippen molar-refractivity contribution in [2.24, 2.45) is 46.3 Å². The van der Waals surface area contributed by atoms with Crippen molar-refractivity contribution in [1.82, 2.24) is 0 Å². The molecule has 0 aromatic heterocycles. The largest absolute Gasteiger partial charge is 0.459 e. The molecule has 6 bridgehead atoms. The molecule has 8 atom stereocenters. The molecule has 6 saturated carbocycles. The molecular formula is C31H48O7. The lowest BCUT2D eigenvalue weighted by atomic mass is 9.52. The second kappa shape index (κ2) is 9.21. The Morgan fingerprint density at radius 2 is 1.53 bits per heavy atom. The van der Waals surface area contributed by atoms with Gasteiger partial charge in [0.25, 0.3) is 0 Å². The highest BCUT2D eigenvalue weighted by Gasteiger charge is 2.67. The Labute approximate surface area is 227 Å². The molecule has 0 aromatic rings. The molecule has 38 heavy (non-hydrogen) atoms. The summed E-state index contributed by atoms with van der Waals surface area (Å²) in [6.45, 7) is 13.8. The molecule has 1 N–H and O–H groups in total. The van der Waals surface area contributed by atoms with Gasteiger partial charge < -0.3 is 19.3 Å². The smallest absolute Gasteiger partial charge is 0.312 e. The Hall–Kier alpha value is -1.63. The molecule has 0 aromatic carbocycles. The van der Waals surface area contributed by atoms with Gasteiger partial charge in [0, 0.05) is 18.3 Å². The molecule has 7 fully saturated rings. The highest BCUT2D eigenvalue weighted by molar-refractivity contribution is 5.79. The molecule has 7 nitrogen and oxygen atoms in total. The van der Waals surface area contributed by atoms with Crippen LogP contribution in [0.25, 0.3) is 0 Å². The number of ether oxygens (including phenoxy) is 3. The summed E-state index contributed by atoms with van der Waals surface area (Å²) in [6, 6.07) is 0. The maximum Gasteiger partial charge on any atom is 0.312 e. The highest BCUT2D eigenvalue weighted by Crippen LogP contribution is 2.60. The Morgan fingerprint density at radius 1 is 0.947 bits per heavy atom. The number of hydrogen-bond donors (Lipinski definition) is 1. The van der Waals surface area contributed by atoms with Gasteiger partial charge in [0.15, 0.2) is 0 Å². The maximum atomic E-state index is 12.4. The first-order valence-corrected chi connectivity index (χ1v) is 15.0. The van der Waals surface area contributed by atoms with E-state index in [-0.39, 0.29) is 53.5 Å². The van der Waals surface area contributed by atoms with Gasteiger partial charge in [-0.15, -0.1) is 0 Å². The number of carbonyl (C=O) groups excluding carboxylic acids is 3. The van der Waals surface area contributed by atoms with Gasteiger partial charge in [-0.3, -0.25) is 14.4 Å². The fraction of sp³-hybridized carbons (Fsp3) is 0.903. The summed E-state index contributed by atoms with van der Waals surface area (Å²) in [7, 11) is 0. The zero-order valence-corrected chi connectivity index (χ0v) is 24.4. The summed E-state index contributed by atoms with van der Waals surface area (Å²) >= 11 is 0. The SMILES string of the molecule is CCC(C)(C)C(=O)OC12CC3CC(CC(O)(C3)C1)C2.CCC(C)(C)C(=O)OC1C2CC3C1OC(=O)C3C2C. The Balaban J connectivity index is 0.000000155. The van der Waals surface area contributed by atoms with E-state index in [0.29, 0.717) is 24.2 Å². The van der Waals surface area contributed by atoms with Crippen LogP contribution in [0.4, 0.5) is 0 Å². The lowest BCUT2D eigenvalue weighted by Gasteiger charge is -2.59. The van der Waals surface area contributed by atoms with Crippen molar-refractivity contribution < 1.29 is 33.7 Å². The van der Waals surface area contributed by atoms with E-state index in [9.17, 15) is 19.5 Å². The summed E-state index contributed by atoms with van der Waals surface area (Å²) in [5, 5.41) is 10.6. The number of hydrogen-bond acceptors (Lipinski definition) is 7. The number of carbonyl (C=O) groups is 3. The van der Waals surface area contributed by atoms with E-state index in [2.05, 4.69) is 6.92 Å². The van der Waals surface area contributed by atoms with Crippen LogP contribution < -0.4 is 0 Å². The summed E-state index contributed by atoms with van der Waals surface area (Å²) in [5.41, 5.74) is -1.79. The van der Waals surface area contributed by atoms with Crippen LogP contribution in [-0.4, -0.2) is 46.4 Å². The van der Waals surface area contributed by atoms with Gasteiger partial charge >= 0.3 is 17.9 Å². The molecule has 214 valence electrons. The van der Waals surface area contributed by atoms with Crippen molar-refractivity contribution in [2.45, 2.75) is 130 Å². The molecule has 7 aliphatic rings. The molecule has 0 amide bonds. The van der Waals surface area contributed by atoms with Crippen LogP contribution >= 0.6 is 0 Å². The standard InChI is InChI=1S/C16H26O3.C15H22O4/c1-4-14(2,3)13(17)19-16-8-11-5-12(9-16)7-15(18,6-11)10-16;1-5-15(3,4)14(17)19-11-8-6-9-10(7(8)2)13(16)18-12(9)11/h11-12,18H,4-10H2,1-3H3;7-12H,5-6H2,1-4H3. The summed E-state index contributed by atoms with van der Waals surface area (Å²) in [6.07, 6.45) is 7.75. The van der Waals surface area contributed by atoms with Crippen LogP contribution in [0.5, 0.6) is 0 Å². The molecule has 1 aliphatic heterocycles. The quantitative estimate of drug-likeness (QED) is 0.370. The fourth-order valence-corrected chi connectivity index (χ4v) is 8.66. The third-order valence-corrected chi connectivity index (χ3v) is 11.3. The van der Waals surface area contributed by atoms with Crippen LogP contribution in [-0.2, 0) is 28.6 Å². The van der Waals surface area contributed by atoms with E-state index in [1.54, 1.807) is 0 Å². The van der Waals surface area contributed by atoms with Crippen LogP contribution in [0.15, 0.2) is 0 Å².